The number of esters is 2. The Bertz CT molecular complexity index is 840. The molecule has 1 unspecified atom stereocenters. The lowest BCUT2D eigenvalue weighted by Crippen LogP contribution is -2.55. The molecule has 0 spiro atoms. The highest BCUT2D eigenvalue weighted by molar-refractivity contribution is 5.92. The van der Waals surface area contributed by atoms with Gasteiger partial charge in [-0.1, -0.05) is 39.1 Å². The van der Waals surface area contributed by atoms with Crippen molar-refractivity contribution in [3.05, 3.63) is 54.1 Å². The molecule has 1 atom stereocenters. The van der Waals surface area contributed by atoms with Crippen molar-refractivity contribution in [3.63, 3.8) is 0 Å². The molecule has 0 aliphatic carbocycles. The Morgan fingerprint density at radius 1 is 1.19 bits per heavy atom. The van der Waals surface area contributed by atoms with E-state index in [-0.39, 0.29) is 24.5 Å². The summed E-state index contributed by atoms with van der Waals surface area (Å²) in [4.78, 5) is 38.5. The van der Waals surface area contributed by atoms with Gasteiger partial charge in [-0.3, -0.25) is 4.79 Å². The van der Waals surface area contributed by atoms with Crippen LogP contribution >= 0.6 is 0 Å². The second-order valence-electron chi connectivity index (χ2n) is 7.50. The summed E-state index contributed by atoms with van der Waals surface area (Å²) in [6.45, 7) is 13.9. The van der Waals surface area contributed by atoms with E-state index in [2.05, 4.69) is 13.2 Å². The van der Waals surface area contributed by atoms with Gasteiger partial charge in [0.25, 0.3) is 0 Å². The molecular weight excluding hydrogens is 398 g/mol. The van der Waals surface area contributed by atoms with Crippen molar-refractivity contribution in [2.45, 2.75) is 52.0 Å². The van der Waals surface area contributed by atoms with Crippen molar-refractivity contribution in [1.82, 2.24) is 4.90 Å². The second kappa shape index (κ2) is 11.3. The minimum atomic E-state index is -0.980. The maximum Gasteiger partial charge on any atom is 0.333 e. The maximum absolute atomic E-state index is 13.2. The minimum Gasteiger partial charge on any atom is -0.508 e. The van der Waals surface area contributed by atoms with Gasteiger partial charge in [0.05, 0.1) is 0 Å². The maximum atomic E-state index is 13.2. The van der Waals surface area contributed by atoms with E-state index < -0.39 is 29.3 Å². The summed E-state index contributed by atoms with van der Waals surface area (Å²) in [5, 5.41) is 10.3. The zero-order valence-electron chi connectivity index (χ0n) is 19.1. The number of amides is 1. The standard InChI is InChI=1S/C24H33NO6/c1-8-20(27)25(7)21(23(29)31-14-13-30-22(28)16(4)5)24(9-2,10-3)18-12-11-17(6)19(26)15-18/h8,11-12,15,21,26H,1,4,9-10,13-14H2,2-3,5-7H3. The molecule has 1 rings (SSSR count). The number of carbonyl (C=O) groups excluding carboxylic acids is 3. The van der Waals surface area contributed by atoms with Gasteiger partial charge < -0.3 is 19.5 Å². The SMILES string of the molecule is C=CC(=O)N(C)C(C(=O)OCCOC(=O)C(=C)C)C(CC)(CC)c1ccc(C)c(O)c1. The third-order valence-electron chi connectivity index (χ3n) is 5.61. The van der Waals surface area contributed by atoms with Crippen LogP contribution in [0.5, 0.6) is 5.75 Å². The van der Waals surface area contributed by atoms with Gasteiger partial charge in [0.2, 0.25) is 5.91 Å². The van der Waals surface area contributed by atoms with Gasteiger partial charge in [0.15, 0.2) is 0 Å². The highest BCUT2D eigenvalue weighted by Crippen LogP contribution is 2.40. The number of likely N-dealkylation sites (N-methyl/N-ethyl adjacent to an activating group) is 1. The Morgan fingerprint density at radius 2 is 1.77 bits per heavy atom. The lowest BCUT2D eigenvalue weighted by atomic mass is 9.69. The molecule has 0 saturated heterocycles. The van der Waals surface area contributed by atoms with E-state index in [1.807, 2.05) is 19.9 Å². The average molecular weight is 432 g/mol. The molecule has 1 amide bonds. The molecule has 170 valence electrons. The number of ether oxygens (including phenoxy) is 2. The highest BCUT2D eigenvalue weighted by Gasteiger charge is 2.46. The van der Waals surface area contributed by atoms with E-state index in [0.717, 1.165) is 11.6 Å². The number of rotatable bonds is 11. The molecule has 1 aromatic rings. The molecule has 0 heterocycles. The molecule has 1 aromatic carbocycles. The number of aryl methyl sites for hydroxylation is 1. The van der Waals surface area contributed by atoms with Crippen LogP contribution < -0.4 is 0 Å². The third-order valence-corrected chi connectivity index (χ3v) is 5.61. The molecule has 0 aromatic heterocycles. The van der Waals surface area contributed by atoms with Crippen LogP contribution in [0.4, 0.5) is 0 Å². The van der Waals surface area contributed by atoms with Crippen LogP contribution in [0.15, 0.2) is 43.0 Å². The number of benzene rings is 1. The summed E-state index contributed by atoms with van der Waals surface area (Å²) in [6.07, 6.45) is 2.15. The van der Waals surface area contributed by atoms with Crippen molar-refractivity contribution in [2.24, 2.45) is 0 Å². The monoisotopic (exact) mass is 431 g/mol. The summed E-state index contributed by atoms with van der Waals surface area (Å²) in [5.74, 6) is -1.52. The summed E-state index contributed by atoms with van der Waals surface area (Å²) in [6, 6.07) is 4.28. The summed E-state index contributed by atoms with van der Waals surface area (Å²) < 4.78 is 10.4. The first-order chi connectivity index (χ1) is 14.5. The molecule has 1 N–H and O–H groups in total. The first kappa shape index (κ1) is 25.9. The van der Waals surface area contributed by atoms with Crippen molar-refractivity contribution in [1.29, 1.82) is 0 Å². The Balaban J connectivity index is 3.30. The zero-order chi connectivity index (χ0) is 23.8. The number of nitrogens with zero attached hydrogens (tertiary/aromatic N) is 1. The van der Waals surface area contributed by atoms with Gasteiger partial charge in [0.1, 0.15) is 25.0 Å². The van der Waals surface area contributed by atoms with Gasteiger partial charge >= 0.3 is 11.9 Å². The summed E-state index contributed by atoms with van der Waals surface area (Å²) >= 11 is 0. The fourth-order valence-corrected chi connectivity index (χ4v) is 3.63. The molecule has 31 heavy (non-hydrogen) atoms. The predicted octanol–water partition coefficient (Wildman–Crippen LogP) is 3.43. The van der Waals surface area contributed by atoms with Crippen molar-refractivity contribution in [3.8, 4) is 5.75 Å². The van der Waals surface area contributed by atoms with Crippen LogP contribution in [-0.4, -0.2) is 54.2 Å². The quantitative estimate of drug-likeness (QED) is 0.328. The Kier molecular flexibility index (Phi) is 9.49. The fourth-order valence-electron chi connectivity index (χ4n) is 3.63. The van der Waals surface area contributed by atoms with Crippen LogP contribution in [-0.2, 0) is 29.3 Å². The number of aromatic hydroxyl groups is 1. The first-order valence-corrected chi connectivity index (χ1v) is 10.2. The largest absolute Gasteiger partial charge is 0.508 e. The molecular formula is C24H33NO6. The smallest absolute Gasteiger partial charge is 0.333 e. The predicted molar refractivity (Wildman–Crippen MR) is 119 cm³/mol. The second-order valence-corrected chi connectivity index (χ2v) is 7.50. The lowest BCUT2D eigenvalue weighted by Gasteiger charge is -2.43. The summed E-state index contributed by atoms with van der Waals surface area (Å²) in [7, 11) is 1.52. The molecule has 0 aliphatic rings. The molecule has 0 bridgehead atoms. The van der Waals surface area contributed by atoms with E-state index in [0.29, 0.717) is 18.4 Å². The molecule has 0 saturated carbocycles. The van der Waals surface area contributed by atoms with Gasteiger partial charge in [-0.2, -0.15) is 0 Å². The molecule has 7 nitrogen and oxygen atoms in total. The van der Waals surface area contributed by atoms with Gasteiger partial charge in [-0.05, 0) is 50.0 Å². The number of carbonyl (C=O) groups is 3. The minimum absolute atomic E-state index is 0.111. The normalized spacial score (nSPS) is 11.9. The number of phenols is 1. The number of hydrogen-bond acceptors (Lipinski definition) is 6. The van der Waals surface area contributed by atoms with E-state index in [1.54, 1.807) is 19.1 Å². The number of hydrogen-bond donors (Lipinski definition) is 1. The van der Waals surface area contributed by atoms with Crippen molar-refractivity contribution in [2.75, 3.05) is 20.3 Å². The summed E-state index contributed by atoms with van der Waals surface area (Å²) in [5.41, 5.74) is 0.860. The average Bonchev–Trinajstić information content (AvgIpc) is 2.75. The van der Waals surface area contributed by atoms with Crippen LogP contribution in [0.3, 0.4) is 0 Å². The fraction of sp³-hybridized carbons (Fsp3) is 0.458. The first-order valence-electron chi connectivity index (χ1n) is 10.2. The van der Waals surface area contributed by atoms with Crippen molar-refractivity contribution < 1.29 is 29.0 Å². The molecule has 0 fully saturated rings. The Hall–Kier alpha value is -3.09. The molecule has 7 heteroatoms. The molecule has 0 aliphatic heterocycles. The van der Waals surface area contributed by atoms with Gasteiger partial charge in [-0.15, -0.1) is 0 Å². The van der Waals surface area contributed by atoms with E-state index in [9.17, 15) is 19.5 Å². The van der Waals surface area contributed by atoms with Gasteiger partial charge in [0, 0.05) is 18.0 Å². The van der Waals surface area contributed by atoms with Crippen LogP contribution in [0.25, 0.3) is 0 Å². The highest BCUT2D eigenvalue weighted by atomic mass is 16.6. The van der Waals surface area contributed by atoms with Gasteiger partial charge in [-0.25, -0.2) is 9.59 Å². The Morgan fingerprint density at radius 3 is 2.26 bits per heavy atom. The topological polar surface area (TPSA) is 93.1 Å². The number of phenolic OH excluding ortho intramolecular Hbond substituents is 1. The van der Waals surface area contributed by atoms with Crippen LogP contribution in [0.1, 0.15) is 44.7 Å². The van der Waals surface area contributed by atoms with E-state index in [1.165, 1.54) is 18.9 Å². The third kappa shape index (κ3) is 5.96. The van der Waals surface area contributed by atoms with E-state index in [4.69, 9.17) is 9.47 Å². The van der Waals surface area contributed by atoms with Crippen LogP contribution in [0.2, 0.25) is 0 Å². The lowest BCUT2D eigenvalue weighted by molar-refractivity contribution is -0.159. The van der Waals surface area contributed by atoms with Crippen LogP contribution in [0, 0.1) is 6.92 Å². The zero-order valence-corrected chi connectivity index (χ0v) is 19.1. The Labute approximate surface area is 184 Å². The van der Waals surface area contributed by atoms with Crippen molar-refractivity contribution >= 4 is 17.8 Å². The van der Waals surface area contributed by atoms with E-state index >= 15 is 0 Å². The molecule has 0 radical (unpaired) electrons.